The van der Waals surface area contributed by atoms with Gasteiger partial charge in [-0.25, -0.2) is 9.13 Å². The summed E-state index contributed by atoms with van der Waals surface area (Å²) >= 11 is 0. The second-order valence-electron chi connectivity index (χ2n) is 24.8. The highest BCUT2D eigenvalue weighted by atomic mass is 31.2. The molecule has 0 aromatic heterocycles. The Bertz CT molecular complexity index is 2340. The number of phosphoric ester groups is 2. The molecule has 0 bridgehead atoms. The lowest BCUT2D eigenvalue weighted by atomic mass is 10.1. The maximum Gasteiger partial charge on any atom is 0.472 e. The summed E-state index contributed by atoms with van der Waals surface area (Å²) in [4.78, 5) is 72.7. The smallest absolute Gasteiger partial charge is 0.462 e. The van der Waals surface area contributed by atoms with Gasteiger partial charge in [0.05, 0.1) is 32.8 Å². The van der Waals surface area contributed by atoms with E-state index in [4.69, 9.17) is 37.0 Å². The van der Waals surface area contributed by atoms with Gasteiger partial charge < -0.3 is 33.8 Å². The van der Waals surface area contributed by atoms with Crippen molar-refractivity contribution in [3.8, 4) is 0 Å². The molecule has 0 aliphatic rings. The Morgan fingerprint density at radius 1 is 0.306 bits per heavy atom. The molecule has 98 heavy (non-hydrogen) atoms. The van der Waals surface area contributed by atoms with Crippen molar-refractivity contribution in [3.05, 3.63) is 122 Å². The van der Waals surface area contributed by atoms with E-state index in [1.165, 1.54) is 64.2 Å². The van der Waals surface area contributed by atoms with Crippen LogP contribution in [0.4, 0.5) is 0 Å². The van der Waals surface area contributed by atoms with E-state index in [1.54, 1.807) is 6.08 Å². The van der Waals surface area contributed by atoms with E-state index in [2.05, 4.69) is 125 Å². The van der Waals surface area contributed by atoms with Gasteiger partial charge >= 0.3 is 39.5 Å². The van der Waals surface area contributed by atoms with E-state index in [9.17, 15) is 43.2 Å². The van der Waals surface area contributed by atoms with Crippen LogP contribution in [0.15, 0.2) is 122 Å². The SMILES string of the molecule is CC/C=C\C/C=C\C/C=C\C/C=C\C/C=C\CC(=O)OCC(COP(=O)(O)OCC(O)COP(=O)(O)OCC(COC(=O)CCCCCCC/C=C\C/C=C\C/C=C\CC)OC(=O)CCCCCCC/C=C\CCCCCCCC)OC(=O)CCCCCCC/C=C\CCCCCC. The number of carbonyl (C=O) groups excluding carboxylic acids is 4. The monoisotopic (exact) mass is 1420 g/mol. The first-order valence-electron chi connectivity index (χ1n) is 37.8. The molecule has 0 radical (unpaired) electrons. The molecule has 0 fully saturated rings. The number of carbonyl (C=O) groups is 4. The zero-order valence-electron chi connectivity index (χ0n) is 61.2. The quantitative estimate of drug-likeness (QED) is 0.0169. The van der Waals surface area contributed by atoms with Gasteiger partial charge in [0, 0.05) is 19.3 Å². The van der Waals surface area contributed by atoms with Crippen molar-refractivity contribution in [3.63, 3.8) is 0 Å². The number of allylic oxidation sites excluding steroid dienone is 19. The molecule has 0 aromatic carbocycles. The minimum absolute atomic E-state index is 0.0632. The van der Waals surface area contributed by atoms with Crippen LogP contribution in [0.1, 0.15) is 297 Å². The molecule has 0 spiro atoms. The molecular formula is C79H134O17P2. The molecular weight excluding hydrogens is 1280 g/mol. The van der Waals surface area contributed by atoms with Gasteiger partial charge in [-0.05, 0) is 135 Å². The first-order valence-corrected chi connectivity index (χ1v) is 40.8. The lowest BCUT2D eigenvalue weighted by Gasteiger charge is -2.21. The highest BCUT2D eigenvalue weighted by molar-refractivity contribution is 7.47. The van der Waals surface area contributed by atoms with Crippen LogP contribution in [0.2, 0.25) is 0 Å². The summed E-state index contributed by atoms with van der Waals surface area (Å²) in [6.45, 7) is 4.47. The highest BCUT2D eigenvalue weighted by Gasteiger charge is 2.30. The van der Waals surface area contributed by atoms with E-state index in [-0.39, 0.29) is 25.7 Å². The number of esters is 4. The van der Waals surface area contributed by atoms with Crippen LogP contribution in [0.3, 0.4) is 0 Å². The predicted octanol–water partition coefficient (Wildman–Crippen LogP) is 21.6. The fourth-order valence-corrected chi connectivity index (χ4v) is 11.3. The zero-order valence-corrected chi connectivity index (χ0v) is 63.0. The number of hydrogen-bond acceptors (Lipinski definition) is 15. The number of aliphatic hydroxyl groups is 1. The number of aliphatic hydroxyl groups excluding tert-OH is 1. The zero-order chi connectivity index (χ0) is 71.8. The fourth-order valence-electron chi connectivity index (χ4n) is 9.71. The standard InChI is InChI=1S/C79H134O17P2/c1-5-9-13-17-21-25-29-33-36-40-43-47-51-55-59-63-76(81)89-69-74(95-78(83)65-61-57-53-49-45-39-32-28-24-20-16-12-8-4)71-93-97(85,86)91-67-73(80)68-92-98(87,88)94-72-75(96-79(84)66-62-58-54-50-46-42-38-35-31-27-23-19-15-11-7-3)70-90-77(82)64-60-56-52-48-44-41-37-34-30-26-22-18-14-10-6-2/h9-10,13-14,21-22,25-26,28,32-38,43,47,55,59,73-75,80H,5-8,11-12,15-20,23-24,27,29-31,39-42,44-46,48-54,56-58,60-72H2,1-4H3,(H,85,86)(H,87,88)/b13-9-,14-10-,25-21-,26-22-,32-28-,36-33-,37-34-,38-35-,47-43-,59-55-. The average Bonchev–Trinajstić information content (AvgIpc) is 0.959. The van der Waals surface area contributed by atoms with Crippen LogP contribution in [-0.2, 0) is 65.4 Å². The van der Waals surface area contributed by atoms with Crippen LogP contribution in [-0.4, -0.2) is 96.7 Å². The Hall–Kier alpha value is -4.54. The van der Waals surface area contributed by atoms with Crippen LogP contribution >= 0.6 is 15.6 Å². The minimum Gasteiger partial charge on any atom is -0.462 e. The Morgan fingerprint density at radius 3 is 0.929 bits per heavy atom. The maximum absolute atomic E-state index is 13.1. The van der Waals surface area contributed by atoms with Crippen LogP contribution < -0.4 is 0 Å². The third-order valence-corrected chi connectivity index (χ3v) is 17.3. The third kappa shape index (κ3) is 69.9. The molecule has 19 heteroatoms. The van der Waals surface area contributed by atoms with E-state index in [0.29, 0.717) is 25.7 Å². The van der Waals surface area contributed by atoms with Crippen molar-refractivity contribution in [2.45, 2.75) is 316 Å². The molecule has 5 atom stereocenters. The second-order valence-corrected chi connectivity index (χ2v) is 27.7. The number of unbranched alkanes of at least 4 members (excludes halogenated alkanes) is 25. The number of rotatable bonds is 70. The van der Waals surface area contributed by atoms with Crippen molar-refractivity contribution in [1.82, 2.24) is 0 Å². The Morgan fingerprint density at radius 2 is 0.571 bits per heavy atom. The van der Waals surface area contributed by atoms with Gasteiger partial charge in [0.25, 0.3) is 0 Å². The van der Waals surface area contributed by atoms with Crippen LogP contribution in [0, 0.1) is 0 Å². The molecule has 0 heterocycles. The van der Waals surface area contributed by atoms with Gasteiger partial charge in [0.15, 0.2) is 12.2 Å². The van der Waals surface area contributed by atoms with Gasteiger partial charge in [-0.2, -0.15) is 0 Å². The Labute approximate surface area is 593 Å². The fraction of sp³-hybridized carbons (Fsp3) is 0.696. The van der Waals surface area contributed by atoms with Crippen molar-refractivity contribution < 1.29 is 80.2 Å². The topological polar surface area (TPSA) is 237 Å². The van der Waals surface area contributed by atoms with Crippen molar-refractivity contribution >= 4 is 39.5 Å². The van der Waals surface area contributed by atoms with Crippen molar-refractivity contribution in [2.24, 2.45) is 0 Å². The lowest BCUT2D eigenvalue weighted by molar-refractivity contribution is -0.161. The first kappa shape index (κ1) is 93.5. The summed E-state index contributed by atoms with van der Waals surface area (Å²) in [7, 11) is -9.98. The third-order valence-electron chi connectivity index (χ3n) is 15.4. The summed E-state index contributed by atoms with van der Waals surface area (Å²) in [5.41, 5.74) is 0. The van der Waals surface area contributed by atoms with E-state index >= 15 is 0 Å². The number of hydrogen-bond donors (Lipinski definition) is 3. The summed E-state index contributed by atoms with van der Waals surface area (Å²) in [5, 5.41) is 10.6. The molecule has 0 aromatic rings. The average molecular weight is 1420 g/mol. The number of phosphoric acid groups is 2. The van der Waals surface area contributed by atoms with Gasteiger partial charge in [-0.15, -0.1) is 0 Å². The van der Waals surface area contributed by atoms with Crippen LogP contribution in [0.25, 0.3) is 0 Å². The summed E-state index contributed by atoms with van der Waals surface area (Å²) < 4.78 is 68.3. The first-order chi connectivity index (χ1) is 47.7. The molecule has 0 saturated carbocycles. The molecule has 0 aliphatic heterocycles. The normalized spacial score (nSPS) is 14.6. The summed E-state index contributed by atoms with van der Waals surface area (Å²) in [6, 6.07) is 0. The lowest BCUT2D eigenvalue weighted by Crippen LogP contribution is -2.30. The van der Waals surface area contributed by atoms with Crippen molar-refractivity contribution in [2.75, 3.05) is 39.6 Å². The summed E-state index contributed by atoms with van der Waals surface area (Å²) in [6.07, 6.45) is 76.5. The van der Waals surface area contributed by atoms with Gasteiger partial charge in [-0.1, -0.05) is 258 Å². The van der Waals surface area contributed by atoms with E-state index in [1.807, 2.05) is 18.2 Å². The Balaban J connectivity index is 5.43. The highest BCUT2D eigenvalue weighted by Crippen LogP contribution is 2.45. The van der Waals surface area contributed by atoms with E-state index < -0.39 is 97.5 Å². The molecule has 17 nitrogen and oxygen atoms in total. The van der Waals surface area contributed by atoms with Crippen molar-refractivity contribution in [1.29, 1.82) is 0 Å². The largest absolute Gasteiger partial charge is 0.472 e. The van der Waals surface area contributed by atoms with Crippen LogP contribution in [0.5, 0.6) is 0 Å². The molecule has 5 unspecified atom stereocenters. The summed E-state index contributed by atoms with van der Waals surface area (Å²) in [5.74, 6) is -2.36. The maximum atomic E-state index is 13.1. The number of ether oxygens (including phenoxy) is 4. The van der Waals surface area contributed by atoms with Gasteiger partial charge in [0.2, 0.25) is 0 Å². The minimum atomic E-state index is -5.00. The molecule has 562 valence electrons. The molecule has 0 saturated heterocycles. The Kier molecular flexibility index (Phi) is 67.6. The second kappa shape index (κ2) is 70.9. The van der Waals surface area contributed by atoms with Gasteiger partial charge in [0.1, 0.15) is 19.3 Å². The predicted molar refractivity (Wildman–Crippen MR) is 399 cm³/mol. The molecule has 0 aliphatic carbocycles. The van der Waals surface area contributed by atoms with E-state index in [0.717, 1.165) is 154 Å². The molecule has 3 N–H and O–H groups in total. The van der Waals surface area contributed by atoms with Gasteiger partial charge in [-0.3, -0.25) is 37.3 Å². The molecule has 0 amide bonds. The molecule has 0 rings (SSSR count).